The van der Waals surface area contributed by atoms with Gasteiger partial charge in [0.05, 0.1) is 30.2 Å². The fourth-order valence-electron chi connectivity index (χ4n) is 4.83. The fraction of sp³-hybridized carbons (Fsp3) is 0.194. The first-order valence-electron chi connectivity index (χ1n) is 13.8. The lowest BCUT2D eigenvalue weighted by molar-refractivity contribution is 0.0937. The second kappa shape index (κ2) is 13.4. The molecule has 4 aromatic rings. The van der Waals surface area contributed by atoms with E-state index in [1.54, 1.807) is 67.7 Å². The zero-order chi connectivity index (χ0) is 31.2. The Bertz CT molecular complexity index is 1710. The molecule has 1 aliphatic rings. The Morgan fingerprint density at radius 3 is 2.45 bits per heavy atom. The van der Waals surface area contributed by atoms with Crippen LogP contribution in [-0.4, -0.2) is 61.0 Å². The Balaban J connectivity index is 1.52. The molecule has 0 aliphatic carbocycles. The van der Waals surface area contributed by atoms with E-state index >= 15 is 0 Å². The molecular weight excluding hydrogens is 584 g/mol. The standard InChI is InChI=1S/C31H31ClN8O4/c1-34-29(42)18-9-7-17(8-10-18)21-14-26(44-2)25(13-22(21)30(43)37-19-11-12-35-15-19)39-31-36-16-23(32)28(40-31)38-24-6-4-3-5-20(24)27(33)41/h3-10,13-14,16,19,35H,11-12,15H2,1-2H3,(H2,33,41)(H,34,42)(H,37,43)(H2,36,38,39,40). The van der Waals surface area contributed by atoms with Crippen molar-refractivity contribution in [3.63, 3.8) is 0 Å². The molecule has 2 heterocycles. The number of hydrogen-bond acceptors (Lipinski definition) is 9. The number of nitrogens with two attached hydrogens (primary N) is 1. The second-order valence-corrected chi connectivity index (χ2v) is 10.4. The minimum atomic E-state index is -0.607. The average Bonchev–Trinajstić information content (AvgIpc) is 3.55. The molecule has 1 fully saturated rings. The Hall–Kier alpha value is -5.20. The number of nitrogens with one attached hydrogen (secondary N) is 5. The minimum Gasteiger partial charge on any atom is -0.495 e. The highest BCUT2D eigenvalue weighted by atomic mass is 35.5. The van der Waals surface area contributed by atoms with Crippen LogP contribution in [0.25, 0.3) is 11.1 Å². The smallest absolute Gasteiger partial charge is 0.252 e. The highest BCUT2D eigenvalue weighted by molar-refractivity contribution is 6.33. The number of benzene rings is 3. The van der Waals surface area contributed by atoms with Crippen molar-refractivity contribution in [1.29, 1.82) is 0 Å². The number of methoxy groups -OCH3 is 1. The maximum Gasteiger partial charge on any atom is 0.252 e. The predicted molar refractivity (Wildman–Crippen MR) is 169 cm³/mol. The first kappa shape index (κ1) is 30.3. The number of amides is 3. The zero-order valence-electron chi connectivity index (χ0n) is 24.0. The van der Waals surface area contributed by atoms with Crippen molar-refractivity contribution < 1.29 is 19.1 Å². The van der Waals surface area contributed by atoms with Crippen LogP contribution in [0.3, 0.4) is 0 Å². The highest BCUT2D eigenvalue weighted by Gasteiger charge is 2.23. The molecule has 44 heavy (non-hydrogen) atoms. The number of halogens is 1. The quantitative estimate of drug-likeness (QED) is 0.155. The highest BCUT2D eigenvalue weighted by Crippen LogP contribution is 2.36. The molecule has 1 aliphatic heterocycles. The van der Waals surface area contributed by atoms with Gasteiger partial charge < -0.3 is 37.1 Å². The van der Waals surface area contributed by atoms with Crippen LogP contribution in [0.5, 0.6) is 5.75 Å². The van der Waals surface area contributed by atoms with E-state index in [2.05, 4.69) is 36.6 Å². The van der Waals surface area contributed by atoms with Crippen molar-refractivity contribution in [3.05, 3.63) is 88.6 Å². The normalized spacial score (nSPS) is 14.0. The van der Waals surface area contributed by atoms with Crippen molar-refractivity contribution in [1.82, 2.24) is 25.9 Å². The van der Waals surface area contributed by atoms with Crippen molar-refractivity contribution in [2.75, 3.05) is 37.9 Å². The molecule has 1 aromatic heterocycles. The van der Waals surface area contributed by atoms with Gasteiger partial charge in [0.15, 0.2) is 5.82 Å². The molecule has 1 atom stereocenters. The Morgan fingerprint density at radius 1 is 1.00 bits per heavy atom. The maximum atomic E-state index is 13.6. The van der Waals surface area contributed by atoms with E-state index < -0.39 is 5.91 Å². The number of anilines is 4. The number of primary amides is 1. The van der Waals surface area contributed by atoms with Crippen LogP contribution in [-0.2, 0) is 0 Å². The van der Waals surface area contributed by atoms with Gasteiger partial charge in [0, 0.05) is 30.8 Å². The number of rotatable bonds is 10. The lowest BCUT2D eigenvalue weighted by atomic mass is 9.96. The molecule has 3 amide bonds. The topological polar surface area (TPSA) is 172 Å². The SMILES string of the molecule is CNC(=O)c1ccc(-c2cc(OC)c(Nc3ncc(Cl)c(Nc4ccccc4C(N)=O)n3)cc2C(=O)NC2CCNC2)cc1. The largest absolute Gasteiger partial charge is 0.495 e. The Labute approximate surface area is 258 Å². The van der Waals surface area contributed by atoms with Gasteiger partial charge in [-0.05, 0) is 60.5 Å². The van der Waals surface area contributed by atoms with E-state index in [4.69, 9.17) is 22.1 Å². The molecule has 7 N–H and O–H groups in total. The second-order valence-electron chi connectivity index (χ2n) is 9.97. The monoisotopic (exact) mass is 614 g/mol. The Kier molecular flexibility index (Phi) is 9.22. The number of para-hydroxylation sites is 1. The number of aromatic nitrogens is 2. The van der Waals surface area contributed by atoms with E-state index in [0.717, 1.165) is 18.5 Å². The van der Waals surface area contributed by atoms with Gasteiger partial charge in [-0.3, -0.25) is 14.4 Å². The number of hydrogen-bond donors (Lipinski definition) is 6. The molecular formula is C31H31ClN8O4. The molecule has 13 heteroatoms. The molecule has 226 valence electrons. The van der Waals surface area contributed by atoms with Crippen LogP contribution in [0.1, 0.15) is 37.5 Å². The van der Waals surface area contributed by atoms with Crippen LogP contribution in [0, 0.1) is 0 Å². The van der Waals surface area contributed by atoms with Gasteiger partial charge in [-0.2, -0.15) is 4.98 Å². The summed E-state index contributed by atoms with van der Waals surface area (Å²) in [4.78, 5) is 46.4. The van der Waals surface area contributed by atoms with Gasteiger partial charge in [-0.25, -0.2) is 4.98 Å². The van der Waals surface area contributed by atoms with Gasteiger partial charge in [0.25, 0.3) is 17.7 Å². The predicted octanol–water partition coefficient (Wildman–Crippen LogP) is 3.84. The summed E-state index contributed by atoms with van der Waals surface area (Å²) in [5, 5.41) is 15.3. The molecule has 0 saturated carbocycles. The van der Waals surface area contributed by atoms with Crippen LogP contribution >= 0.6 is 11.6 Å². The molecule has 1 saturated heterocycles. The number of nitrogens with zero attached hydrogens (tertiary/aromatic N) is 2. The molecule has 0 spiro atoms. The molecule has 5 rings (SSSR count). The first-order chi connectivity index (χ1) is 21.3. The fourth-order valence-corrected chi connectivity index (χ4v) is 4.97. The van der Waals surface area contributed by atoms with Gasteiger partial charge in [0.1, 0.15) is 10.8 Å². The number of carbonyl (C=O) groups is 3. The summed E-state index contributed by atoms with van der Waals surface area (Å²) in [5.74, 6) is -0.282. The third kappa shape index (κ3) is 6.72. The number of carbonyl (C=O) groups excluding carboxylic acids is 3. The summed E-state index contributed by atoms with van der Waals surface area (Å²) in [7, 11) is 3.08. The van der Waals surface area contributed by atoms with E-state index in [0.29, 0.717) is 40.4 Å². The van der Waals surface area contributed by atoms with Crippen molar-refractivity contribution in [2.24, 2.45) is 5.73 Å². The maximum absolute atomic E-state index is 13.6. The molecule has 3 aromatic carbocycles. The van der Waals surface area contributed by atoms with Gasteiger partial charge in [-0.1, -0.05) is 35.9 Å². The molecule has 0 radical (unpaired) electrons. The summed E-state index contributed by atoms with van der Waals surface area (Å²) in [5.41, 5.74) is 8.85. The average molecular weight is 615 g/mol. The van der Waals surface area contributed by atoms with Gasteiger partial charge >= 0.3 is 0 Å². The Morgan fingerprint density at radius 2 is 1.77 bits per heavy atom. The van der Waals surface area contributed by atoms with Gasteiger partial charge in [0.2, 0.25) is 5.95 Å². The van der Waals surface area contributed by atoms with Crippen molar-refractivity contribution in [2.45, 2.75) is 12.5 Å². The number of ether oxygens (including phenoxy) is 1. The summed E-state index contributed by atoms with van der Waals surface area (Å²) < 4.78 is 5.70. The molecule has 0 bridgehead atoms. The van der Waals surface area contributed by atoms with Crippen LogP contribution in [0.4, 0.5) is 23.1 Å². The molecule has 1 unspecified atom stereocenters. The summed E-state index contributed by atoms with van der Waals surface area (Å²) in [6, 6.07) is 17.1. The lowest BCUT2D eigenvalue weighted by Crippen LogP contribution is -2.36. The summed E-state index contributed by atoms with van der Waals surface area (Å²) in [6.07, 6.45) is 2.22. The van der Waals surface area contributed by atoms with E-state index in [1.807, 2.05) is 0 Å². The lowest BCUT2D eigenvalue weighted by Gasteiger charge is -2.19. The van der Waals surface area contributed by atoms with E-state index in [9.17, 15) is 14.4 Å². The summed E-state index contributed by atoms with van der Waals surface area (Å²) in [6.45, 7) is 1.50. The zero-order valence-corrected chi connectivity index (χ0v) is 24.8. The van der Waals surface area contributed by atoms with Crippen LogP contribution in [0.15, 0.2) is 66.9 Å². The van der Waals surface area contributed by atoms with Crippen LogP contribution < -0.4 is 37.1 Å². The minimum absolute atomic E-state index is 0.0130. The van der Waals surface area contributed by atoms with Crippen molar-refractivity contribution in [3.8, 4) is 16.9 Å². The van der Waals surface area contributed by atoms with Gasteiger partial charge in [-0.15, -0.1) is 0 Å². The van der Waals surface area contributed by atoms with E-state index in [-0.39, 0.29) is 40.2 Å². The summed E-state index contributed by atoms with van der Waals surface area (Å²) >= 11 is 6.38. The van der Waals surface area contributed by atoms with Crippen molar-refractivity contribution >= 4 is 52.5 Å². The first-order valence-corrected chi connectivity index (χ1v) is 14.2. The van der Waals surface area contributed by atoms with Crippen LogP contribution in [0.2, 0.25) is 5.02 Å². The molecule has 12 nitrogen and oxygen atoms in total. The third-order valence-electron chi connectivity index (χ3n) is 7.10. The van der Waals surface area contributed by atoms with E-state index in [1.165, 1.54) is 13.3 Å². The third-order valence-corrected chi connectivity index (χ3v) is 7.38.